The highest BCUT2D eigenvalue weighted by molar-refractivity contribution is 7.98. The highest BCUT2D eigenvalue weighted by atomic mass is 32.2. The predicted octanol–water partition coefficient (Wildman–Crippen LogP) is 3.50. The Hall–Kier alpha value is -3.03. The van der Waals surface area contributed by atoms with Gasteiger partial charge in [0.2, 0.25) is 5.91 Å². The quantitative estimate of drug-likeness (QED) is 0.516. The van der Waals surface area contributed by atoms with Gasteiger partial charge in [-0.25, -0.2) is 19.3 Å². The maximum Gasteiger partial charge on any atom is 0.230 e. The van der Waals surface area contributed by atoms with Crippen molar-refractivity contribution in [1.29, 1.82) is 5.26 Å². The van der Waals surface area contributed by atoms with E-state index in [2.05, 4.69) is 15.0 Å². The average Bonchev–Trinajstić information content (AvgIpc) is 3.10. The lowest BCUT2D eigenvalue weighted by atomic mass is 10.3. The number of thiazole rings is 1. The fourth-order valence-electron chi connectivity index (χ4n) is 2.18. The molecule has 0 atom stereocenters. The zero-order valence-corrected chi connectivity index (χ0v) is 15.7. The van der Waals surface area contributed by atoms with Crippen molar-refractivity contribution in [2.75, 3.05) is 10.6 Å². The highest BCUT2D eigenvalue weighted by Crippen LogP contribution is 2.32. The van der Waals surface area contributed by atoms with Crippen LogP contribution < -0.4 is 10.6 Å². The van der Waals surface area contributed by atoms with Gasteiger partial charge in [0, 0.05) is 18.1 Å². The summed E-state index contributed by atoms with van der Waals surface area (Å²) < 4.78 is 14.1. The molecule has 136 valence electrons. The van der Waals surface area contributed by atoms with E-state index in [9.17, 15) is 9.18 Å². The van der Waals surface area contributed by atoms with Crippen LogP contribution in [0.4, 0.5) is 21.0 Å². The van der Waals surface area contributed by atoms with Crippen LogP contribution in [0.3, 0.4) is 0 Å². The number of hydrogen-bond acceptors (Lipinski definition) is 8. The van der Waals surface area contributed by atoms with Crippen molar-refractivity contribution >= 4 is 45.6 Å². The number of nitriles is 1. The van der Waals surface area contributed by atoms with E-state index in [1.54, 1.807) is 17.5 Å². The van der Waals surface area contributed by atoms with Crippen LogP contribution in [0.15, 0.2) is 41.0 Å². The number of halogens is 1. The Morgan fingerprint density at radius 3 is 2.85 bits per heavy atom. The number of rotatable bonds is 5. The van der Waals surface area contributed by atoms with Crippen molar-refractivity contribution in [3.8, 4) is 6.07 Å². The molecule has 0 spiro atoms. The minimum absolute atomic E-state index is 0.122. The Labute approximate surface area is 162 Å². The Balaban J connectivity index is 1.77. The van der Waals surface area contributed by atoms with Gasteiger partial charge in [0.1, 0.15) is 23.3 Å². The number of nitrogen functional groups attached to an aromatic ring is 1. The zero-order valence-electron chi connectivity index (χ0n) is 14.1. The number of anilines is 3. The Bertz CT molecular complexity index is 1030. The standard InChI is InChI=1S/C17H13FN6OS2/c1-10(25)24(14-5-3-2-4-13(14)18)17-22-12(9-27-17)8-26-16-21-7-11(6-19)15(20)23-16/h2-5,7,9H,8H2,1H3,(H2,20,21,23). The number of nitrogens with two attached hydrogens (primary N) is 1. The first-order valence-corrected chi connectivity index (χ1v) is 9.51. The van der Waals surface area contributed by atoms with Crippen molar-refractivity contribution in [1.82, 2.24) is 15.0 Å². The summed E-state index contributed by atoms with van der Waals surface area (Å²) in [5.74, 6) is -0.279. The van der Waals surface area contributed by atoms with Gasteiger partial charge in [-0.1, -0.05) is 23.9 Å². The summed E-state index contributed by atoms with van der Waals surface area (Å²) in [6.07, 6.45) is 1.37. The molecule has 2 aromatic heterocycles. The highest BCUT2D eigenvalue weighted by Gasteiger charge is 2.21. The van der Waals surface area contributed by atoms with Gasteiger partial charge in [-0.15, -0.1) is 11.3 Å². The second kappa shape index (κ2) is 8.11. The SMILES string of the molecule is CC(=O)N(c1nc(CSc2ncc(C#N)c(N)n2)cs1)c1ccccc1F. The smallest absolute Gasteiger partial charge is 0.230 e. The maximum absolute atomic E-state index is 14.1. The second-order valence-electron chi connectivity index (χ2n) is 5.28. The molecule has 10 heteroatoms. The molecule has 0 aliphatic carbocycles. The van der Waals surface area contributed by atoms with Crippen molar-refractivity contribution in [2.45, 2.75) is 17.8 Å². The minimum Gasteiger partial charge on any atom is -0.382 e. The van der Waals surface area contributed by atoms with Crippen LogP contribution in [-0.4, -0.2) is 20.9 Å². The topological polar surface area (TPSA) is 109 Å². The molecular weight excluding hydrogens is 387 g/mol. The Morgan fingerprint density at radius 1 is 1.41 bits per heavy atom. The summed E-state index contributed by atoms with van der Waals surface area (Å²) in [4.78, 5) is 25.8. The van der Waals surface area contributed by atoms with Crippen molar-refractivity contribution in [3.05, 3.63) is 52.9 Å². The number of para-hydroxylation sites is 1. The Morgan fingerprint density at radius 2 is 2.19 bits per heavy atom. The lowest BCUT2D eigenvalue weighted by molar-refractivity contribution is -0.115. The monoisotopic (exact) mass is 400 g/mol. The van der Waals surface area contributed by atoms with E-state index >= 15 is 0 Å². The van der Waals surface area contributed by atoms with Crippen LogP contribution in [0, 0.1) is 17.1 Å². The number of carbonyl (C=O) groups excluding carboxylic acids is 1. The lowest BCUT2D eigenvalue weighted by Crippen LogP contribution is -2.23. The van der Waals surface area contributed by atoms with Gasteiger partial charge < -0.3 is 5.73 Å². The van der Waals surface area contributed by atoms with Gasteiger partial charge in [-0.2, -0.15) is 5.26 Å². The molecule has 27 heavy (non-hydrogen) atoms. The normalized spacial score (nSPS) is 10.4. The predicted molar refractivity (Wildman–Crippen MR) is 102 cm³/mol. The molecule has 0 aliphatic rings. The fraction of sp³-hybridized carbons (Fsp3) is 0.118. The van der Waals surface area contributed by atoms with E-state index in [1.165, 1.54) is 53.3 Å². The lowest BCUT2D eigenvalue weighted by Gasteiger charge is -2.18. The van der Waals surface area contributed by atoms with Crippen LogP contribution in [0.25, 0.3) is 0 Å². The minimum atomic E-state index is -0.500. The zero-order chi connectivity index (χ0) is 19.4. The summed E-state index contributed by atoms with van der Waals surface area (Å²) in [6, 6.07) is 7.94. The molecule has 2 N–H and O–H groups in total. The van der Waals surface area contributed by atoms with Gasteiger partial charge in [0.05, 0.1) is 17.6 Å². The third-order valence-corrected chi connectivity index (χ3v) is 5.17. The molecule has 0 bridgehead atoms. The van der Waals surface area contributed by atoms with Gasteiger partial charge in [-0.05, 0) is 12.1 Å². The molecule has 3 aromatic rings. The van der Waals surface area contributed by atoms with Gasteiger partial charge >= 0.3 is 0 Å². The van der Waals surface area contributed by atoms with E-state index < -0.39 is 5.82 Å². The van der Waals surface area contributed by atoms with Crippen LogP contribution >= 0.6 is 23.1 Å². The molecule has 0 fully saturated rings. The van der Waals surface area contributed by atoms with Gasteiger partial charge in [-0.3, -0.25) is 9.69 Å². The molecule has 1 aromatic carbocycles. The number of nitrogens with zero attached hydrogens (tertiary/aromatic N) is 5. The average molecular weight is 400 g/mol. The largest absolute Gasteiger partial charge is 0.382 e. The summed E-state index contributed by atoms with van der Waals surface area (Å²) >= 11 is 2.53. The third-order valence-electron chi connectivity index (χ3n) is 3.40. The van der Waals surface area contributed by atoms with Crippen LogP contribution in [0.2, 0.25) is 0 Å². The number of thioether (sulfide) groups is 1. The van der Waals surface area contributed by atoms with Crippen molar-refractivity contribution in [3.63, 3.8) is 0 Å². The first-order valence-electron chi connectivity index (χ1n) is 7.64. The first kappa shape index (κ1) is 18.8. The molecule has 0 radical (unpaired) electrons. The van der Waals surface area contributed by atoms with E-state index in [0.29, 0.717) is 21.7 Å². The number of amides is 1. The number of hydrogen-bond donors (Lipinski definition) is 1. The van der Waals surface area contributed by atoms with Crippen molar-refractivity contribution in [2.24, 2.45) is 0 Å². The molecular formula is C17H13FN6OS2. The van der Waals surface area contributed by atoms with Gasteiger partial charge in [0.15, 0.2) is 10.3 Å². The maximum atomic E-state index is 14.1. The van der Waals surface area contributed by atoms with Gasteiger partial charge in [0.25, 0.3) is 0 Å². The number of carbonyl (C=O) groups is 1. The van der Waals surface area contributed by atoms with E-state index in [0.717, 1.165) is 0 Å². The van der Waals surface area contributed by atoms with E-state index in [1.807, 2.05) is 6.07 Å². The molecule has 1 amide bonds. The number of benzene rings is 1. The molecule has 0 saturated carbocycles. The molecule has 7 nitrogen and oxygen atoms in total. The fourth-order valence-corrected chi connectivity index (χ4v) is 3.88. The van der Waals surface area contributed by atoms with E-state index in [4.69, 9.17) is 11.0 Å². The molecule has 0 saturated heterocycles. The van der Waals surface area contributed by atoms with E-state index in [-0.39, 0.29) is 23.0 Å². The summed E-state index contributed by atoms with van der Waals surface area (Å²) in [5.41, 5.74) is 6.74. The second-order valence-corrected chi connectivity index (χ2v) is 7.06. The first-order chi connectivity index (χ1) is 13.0. The van der Waals surface area contributed by atoms with Crippen molar-refractivity contribution < 1.29 is 9.18 Å². The Kier molecular flexibility index (Phi) is 5.63. The van der Waals surface area contributed by atoms with Crippen LogP contribution in [0.1, 0.15) is 18.2 Å². The summed E-state index contributed by atoms with van der Waals surface area (Å²) in [7, 11) is 0. The molecule has 3 rings (SSSR count). The van der Waals surface area contributed by atoms with Crippen LogP contribution in [-0.2, 0) is 10.5 Å². The number of aromatic nitrogens is 3. The summed E-state index contributed by atoms with van der Waals surface area (Å²) in [6.45, 7) is 1.36. The molecule has 0 aliphatic heterocycles. The third kappa shape index (κ3) is 4.21. The van der Waals surface area contributed by atoms with Crippen LogP contribution in [0.5, 0.6) is 0 Å². The molecule has 0 unspecified atom stereocenters. The molecule has 2 heterocycles. The summed E-state index contributed by atoms with van der Waals surface area (Å²) in [5, 5.41) is 11.4.